The van der Waals surface area contributed by atoms with Gasteiger partial charge in [-0.3, -0.25) is 9.78 Å². The molecule has 4 rings (SSSR count). The van der Waals surface area contributed by atoms with E-state index in [-0.39, 0.29) is 5.91 Å². The molecule has 0 unspecified atom stereocenters. The van der Waals surface area contributed by atoms with Crippen LogP contribution in [0.4, 0.5) is 5.69 Å². The van der Waals surface area contributed by atoms with Crippen LogP contribution in [0.1, 0.15) is 21.6 Å². The van der Waals surface area contributed by atoms with Gasteiger partial charge in [-0.2, -0.15) is 0 Å². The quantitative estimate of drug-likeness (QED) is 0.336. The molecule has 3 N–H and O–H groups in total. The Morgan fingerprint density at radius 2 is 1.87 bits per heavy atom. The molecular weight excluding hydrogens is 392 g/mol. The highest BCUT2D eigenvalue weighted by atomic mass is 16.5. The van der Waals surface area contributed by atoms with Crippen molar-refractivity contribution < 1.29 is 14.1 Å². The van der Waals surface area contributed by atoms with Crippen LogP contribution in [-0.2, 0) is 17.6 Å². The number of methoxy groups -OCH3 is 1. The first-order valence-corrected chi connectivity index (χ1v) is 10.1. The Bertz CT molecular complexity index is 1200. The molecule has 2 aromatic carbocycles. The summed E-state index contributed by atoms with van der Waals surface area (Å²) >= 11 is 0. The van der Waals surface area contributed by atoms with Crippen molar-refractivity contribution in [2.45, 2.75) is 12.8 Å². The molecule has 0 radical (unpaired) electrons. The third-order valence-corrected chi connectivity index (χ3v) is 5.16. The maximum atomic E-state index is 12.5. The van der Waals surface area contributed by atoms with Crippen molar-refractivity contribution in [3.8, 4) is 11.3 Å². The third-order valence-electron chi connectivity index (χ3n) is 5.16. The molecule has 2 aromatic heterocycles. The number of carbonyl (C=O) groups is 1. The summed E-state index contributed by atoms with van der Waals surface area (Å²) in [5, 5.41) is 8.04. The van der Waals surface area contributed by atoms with E-state index in [1.807, 2.05) is 54.6 Å². The van der Waals surface area contributed by atoms with Gasteiger partial charge in [0.1, 0.15) is 11.4 Å². The molecule has 0 aliphatic heterocycles. The lowest BCUT2D eigenvalue weighted by molar-refractivity contribution is 0.0931. The van der Waals surface area contributed by atoms with Gasteiger partial charge in [0.05, 0.1) is 6.61 Å². The molecule has 0 atom stereocenters. The van der Waals surface area contributed by atoms with E-state index >= 15 is 0 Å². The summed E-state index contributed by atoms with van der Waals surface area (Å²) in [6, 6.07) is 17.3. The Labute approximate surface area is 180 Å². The topological polar surface area (TPSA) is 103 Å². The third kappa shape index (κ3) is 4.41. The van der Waals surface area contributed by atoms with Crippen LogP contribution in [0.15, 0.2) is 65.3 Å². The normalized spacial score (nSPS) is 11.0. The first-order valence-electron chi connectivity index (χ1n) is 10.1. The Kier molecular flexibility index (Phi) is 6.24. The second-order valence-electron chi connectivity index (χ2n) is 7.17. The van der Waals surface area contributed by atoms with Crippen LogP contribution in [0, 0.1) is 0 Å². The number of ether oxygens (including phenoxy) is 1. The number of amides is 1. The molecule has 0 aliphatic carbocycles. The average molecular weight is 416 g/mol. The van der Waals surface area contributed by atoms with Crippen LogP contribution >= 0.6 is 0 Å². The maximum Gasteiger partial charge on any atom is 0.270 e. The lowest BCUT2D eigenvalue weighted by Gasteiger charge is -2.12. The van der Waals surface area contributed by atoms with Gasteiger partial charge in [-0.15, -0.1) is 0 Å². The molecule has 158 valence electrons. The zero-order valence-electron chi connectivity index (χ0n) is 17.3. The highest BCUT2D eigenvalue weighted by Gasteiger charge is 2.18. The molecule has 7 heteroatoms. The van der Waals surface area contributed by atoms with Crippen molar-refractivity contribution in [3.05, 3.63) is 77.6 Å². The average Bonchev–Trinajstić information content (AvgIpc) is 3.22. The fraction of sp³-hybridized carbons (Fsp3) is 0.208. The number of fused-ring (bicyclic) bond motifs is 1. The molecular formula is C24H24N4O3. The van der Waals surface area contributed by atoms with E-state index in [0.717, 1.165) is 27.8 Å². The van der Waals surface area contributed by atoms with Gasteiger partial charge in [0.15, 0.2) is 5.58 Å². The summed E-state index contributed by atoms with van der Waals surface area (Å²) in [4.78, 5) is 16.8. The number of nitrogens with one attached hydrogen (secondary N) is 1. The summed E-state index contributed by atoms with van der Waals surface area (Å²) < 4.78 is 10.5. The van der Waals surface area contributed by atoms with Gasteiger partial charge in [0.25, 0.3) is 5.91 Å². The number of nitrogen functional groups attached to an aromatic ring is 1. The first kappa shape index (κ1) is 20.6. The fourth-order valence-corrected chi connectivity index (χ4v) is 3.65. The number of hydrogen-bond acceptors (Lipinski definition) is 6. The Balaban J connectivity index is 1.61. The van der Waals surface area contributed by atoms with Crippen LogP contribution < -0.4 is 11.1 Å². The number of aryl methyl sites for hydroxylation is 2. The molecule has 1 amide bonds. The molecule has 7 nitrogen and oxygen atoms in total. The van der Waals surface area contributed by atoms with Crippen molar-refractivity contribution in [3.63, 3.8) is 0 Å². The van der Waals surface area contributed by atoms with Crippen LogP contribution in [-0.4, -0.2) is 36.3 Å². The largest absolute Gasteiger partial charge is 0.398 e. The Morgan fingerprint density at radius 3 is 2.74 bits per heavy atom. The number of nitrogens with two attached hydrogens (primary N) is 1. The summed E-state index contributed by atoms with van der Waals surface area (Å²) in [6.45, 7) is 0.885. The van der Waals surface area contributed by atoms with E-state index in [2.05, 4.69) is 15.5 Å². The molecule has 4 aromatic rings. The van der Waals surface area contributed by atoms with Gasteiger partial charge >= 0.3 is 0 Å². The Hall–Kier alpha value is -3.71. The molecule has 0 saturated carbocycles. The maximum absolute atomic E-state index is 12.5. The minimum Gasteiger partial charge on any atom is -0.398 e. The number of pyridine rings is 1. The second-order valence-corrected chi connectivity index (χ2v) is 7.17. The number of rotatable bonds is 8. The van der Waals surface area contributed by atoms with Crippen LogP contribution in [0.3, 0.4) is 0 Å². The van der Waals surface area contributed by atoms with Crippen molar-refractivity contribution >= 4 is 22.6 Å². The monoisotopic (exact) mass is 416 g/mol. The van der Waals surface area contributed by atoms with Gasteiger partial charge < -0.3 is 20.3 Å². The summed E-state index contributed by atoms with van der Waals surface area (Å²) in [5.74, 6) is -0.206. The second kappa shape index (κ2) is 9.40. The molecule has 31 heavy (non-hydrogen) atoms. The van der Waals surface area contributed by atoms with E-state index < -0.39 is 0 Å². The fourth-order valence-electron chi connectivity index (χ4n) is 3.65. The van der Waals surface area contributed by atoms with Crippen molar-refractivity contribution in [2.75, 3.05) is 26.0 Å². The molecule has 0 aliphatic rings. The number of anilines is 1. The number of hydrogen-bond donors (Lipinski definition) is 2. The molecule has 2 heterocycles. The zero-order chi connectivity index (χ0) is 21.6. The lowest BCUT2D eigenvalue weighted by Crippen LogP contribution is -2.28. The highest BCUT2D eigenvalue weighted by Crippen LogP contribution is 2.35. The molecule has 0 saturated heterocycles. The number of aromatic nitrogens is 2. The Morgan fingerprint density at radius 1 is 1.06 bits per heavy atom. The summed E-state index contributed by atoms with van der Waals surface area (Å²) in [7, 11) is 1.60. The predicted molar refractivity (Wildman–Crippen MR) is 120 cm³/mol. The number of benzene rings is 2. The van der Waals surface area contributed by atoms with Gasteiger partial charge in [-0.1, -0.05) is 35.5 Å². The smallest absolute Gasteiger partial charge is 0.270 e. The summed E-state index contributed by atoms with van der Waals surface area (Å²) in [6.07, 6.45) is 2.93. The van der Waals surface area contributed by atoms with Gasteiger partial charge in [-0.05, 0) is 48.2 Å². The standard InChI is InChI=1S/C24H24N4O3/c1-30-15-14-27-24(29)22-17(7-5-13-26-22)12-11-16-6-4-9-19(25)21(16)23-18-8-2-3-10-20(18)31-28-23/h2-10,13H,11-12,14-15,25H2,1H3,(H,27,29). The van der Waals surface area contributed by atoms with Crippen molar-refractivity contribution in [1.29, 1.82) is 0 Å². The minimum atomic E-state index is -0.206. The SMILES string of the molecule is COCCNC(=O)c1ncccc1CCc1cccc(N)c1-c1noc2ccccc12. The van der Waals surface area contributed by atoms with Crippen molar-refractivity contribution in [1.82, 2.24) is 15.5 Å². The van der Waals surface area contributed by atoms with Crippen LogP contribution in [0.5, 0.6) is 0 Å². The van der Waals surface area contributed by atoms with Gasteiger partial charge in [0.2, 0.25) is 0 Å². The van der Waals surface area contributed by atoms with Gasteiger partial charge in [0, 0.05) is 36.5 Å². The zero-order valence-corrected chi connectivity index (χ0v) is 17.3. The summed E-state index contributed by atoms with van der Waals surface area (Å²) in [5.41, 5.74) is 11.6. The number of carbonyl (C=O) groups excluding carboxylic acids is 1. The van der Waals surface area contributed by atoms with Crippen LogP contribution in [0.25, 0.3) is 22.2 Å². The van der Waals surface area contributed by atoms with Crippen LogP contribution in [0.2, 0.25) is 0 Å². The number of para-hydroxylation sites is 1. The van der Waals surface area contributed by atoms with E-state index in [1.54, 1.807) is 13.3 Å². The minimum absolute atomic E-state index is 0.206. The van der Waals surface area contributed by atoms with Gasteiger partial charge in [-0.25, -0.2) is 0 Å². The van der Waals surface area contributed by atoms with E-state index in [1.165, 1.54) is 0 Å². The lowest BCUT2D eigenvalue weighted by atomic mass is 9.94. The van der Waals surface area contributed by atoms with E-state index in [4.69, 9.17) is 15.0 Å². The van der Waals surface area contributed by atoms with Crippen molar-refractivity contribution in [2.24, 2.45) is 0 Å². The first-order chi connectivity index (χ1) is 15.2. The predicted octanol–water partition coefficient (Wildman–Crippen LogP) is 3.63. The van der Waals surface area contributed by atoms with E-state index in [9.17, 15) is 4.79 Å². The molecule has 0 fully saturated rings. The molecule has 0 bridgehead atoms. The molecule has 0 spiro atoms. The highest BCUT2D eigenvalue weighted by molar-refractivity contribution is 5.96. The van der Waals surface area contributed by atoms with E-state index in [0.29, 0.717) is 43.0 Å². The number of nitrogens with zero attached hydrogens (tertiary/aromatic N) is 2.